The predicted octanol–water partition coefficient (Wildman–Crippen LogP) is 2.74. The molecule has 1 spiro atoms. The molecule has 0 aromatic carbocycles. The molecule has 1 heterocycles. The molecular formula is C10H18O2. The fraction of sp³-hybridized carbons (Fsp3) is 1.00. The van der Waals surface area contributed by atoms with E-state index in [-0.39, 0.29) is 5.79 Å². The molecule has 2 unspecified atom stereocenters. The van der Waals surface area contributed by atoms with Crippen molar-refractivity contribution in [3.8, 4) is 0 Å². The Balaban J connectivity index is 2.05. The van der Waals surface area contributed by atoms with Gasteiger partial charge >= 0.3 is 0 Å². The maximum Gasteiger partial charge on any atom is 0.237 e. The molecule has 0 amide bonds. The highest BCUT2D eigenvalue weighted by Gasteiger charge is 2.58. The molecule has 2 atom stereocenters. The van der Waals surface area contributed by atoms with Crippen molar-refractivity contribution in [1.82, 2.24) is 0 Å². The predicted molar refractivity (Wildman–Crippen MR) is 46.2 cm³/mol. The van der Waals surface area contributed by atoms with Gasteiger partial charge in [-0.25, -0.2) is 0 Å². The summed E-state index contributed by atoms with van der Waals surface area (Å²) in [6.07, 6.45) is 3.69. The van der Waals surface area contributed by atoms with Crippen LogP contribution in [0.25, 0.3) is 0 Å². The molecule has 1 aliphatic carbocycles. The molecule has 2 aliphatic rings. The first-order valence-corrected chi connectivity index (χ1v) is 5.01. The van der Waals surface area contributed by atoms with Crippen LogP contribution in [0.1, 0.15) is 40.0 Å². The van der Waals surface area contributed by atoms with E-state index in [4.69, 9.17) is 9.78 Å². The van der Waals surface area contributed by atoms with Gasteiger partial charge in [0.15, 0.2) is 0 Å². The molecule has 2 heteroatoms. The van der Waals surface area contributed by atoms with Crippen LogP contribution in [-0.2, 0) is 9.78 Å². The zero-order chi connectivity index (χ0) is 8.77. The first-order valence-electron chi connectivity index (χ1n) is 5.01. The maximum absolute atomic E-state index is 5.18. The van der Waals surface area contributed by atoms with Crippen LogP contribution in [0.2, 0.25) is 0 Å². The van der Waals surface area contributed by atoms with Crippen molar-refractivity contribution < 1.29 is 9.78 Å². The van der Waals surface area contributed by atoms with Crippen LogP contribution in [-0.4, -0.2) is 5.79 Å². The topological polar surface area (TPSA) is 25.1 Å². The average molecular weight is 170 g/mol. The van der Waals surface area contributed by atoms with Gasteiger partial charge in [0.1, 0.15) is 0 Å². The Kier molecular flexibility index (Phi) is 1.92. The quantitative estimate of drug-likeness (QED) is 0.446. The highest BCUT2D eigenvalue weighted by atomic mass is 17.4. The number of hydrogen-bond donors (Lipinski definition) is 0. The Labute approximate surface area is 74.2 Å². The van der Waals surface area contributed by atoms with E-state index in [1.165, 1.54) is 12.8 Å². The molecule has 0 aromatic heterocycles. The summed E-state index contributed by atoms with van der Waals surface area (Å²) in [5.41, 5.74) is 0. The van der Waals surface area contributed by atoms with Crippen LogP contribution in [0.5, 0.6) is 0 Å². The minimum absolute atomic E-state index is 0.161. The molecule has 2 rings (SSSR count). The summed E-state index contributed by atoms with van der Waals surface area (Å²) in [7, 11) is 0. The fourth-order valence-electron chi connectivity index (χ4n) is 2.51. The summed E-state index contributed by atoms with van der Waals surface area (Å²) in [5, 5.41) is 0. The maximum atomic E-state index is 5.18. The standard InChI is InChI=1S/C10H18O2/c1-7(2)9-5-4-8(3)6-10(9)11-12-10/h7-9H,4-6H2,1-3H3. The average Bonchev–Trinajstić information content (AvgIpc) is 2.68. The Bertz CT molecular complexity index is 173. The van der Waals surface area contributed by atoms with Crippen molar-refractivity contribution in [2.24, 2.45) is 17.8 Å². The van der Waals surface area contributed by atoms with Gasteiger partial charge in [0.25, 0.3) is 0 Å². The zero-order valence-corrected chi connectivity index (χ0v) is 8.17. The van der Waals surface area contributed by atoms with E-state index < -0.39 is 0 Å². The monoisotopic (exact) mass is 170 g/mol. The molecule has 1 aliphatic heterocycles. The van der Waals surface area contributed by atoms with Gasteiger partial charge in [-0.05, 0) is 18.3 Å². The van der Waals surface area contributed by atoms with Crippen molar-refractivity contribution in [2.45, 2.75) is 45.8 Å². The molecule has 0 aromatic rings. The first kappa shape index (κ1) is 8.52. The third kappa shape index (κ3) is 1.27. The summed E-state index contributed by atoms with van der Waals surface area (Å²) in [6, 6.07) is 0. The molecule has 12 heavy (non-hydrogen) atoms. The summed E-state index contributed by atoms with van der Waals surface area (Å²) >= 11 is 0. The number of rotatable bonds is 1. The number of hydrogen-bond acceptors (Lipinski definition) is 2. The van der Waals surface area contributed by atoms with Crippen LogP contribution in [0.4, 0.5) is 0 Å². The van der Waals surface area contributed by atoms with E-state index in [1.54, 1.807) is 0 Å². The zero-order valence-electron chi connectivity index (χ0n) is 8.17. The Hall–Kier alpha value is -0.0800. The lowest BCUT2D eigenvalue weighted by molar-refractivity contribution is 0.0850. The third-order valence-corrected chi connectivity index (χ3v) is 3.27. The molecule has 1 saturated heterocycles. The molecule has 0 radical (unpaired) electrons. The van der Waals surface area contributed by atoms with Gasteiger partial charge < -0.3 is 0 Å². The fourth-order valence-corrected chi connectivity index (χ4v) is 2.51. The van der Waals surface area contributed by atoms with Crippen LogP contribution in [0.3, 0.4) is 0 Å². The SMILES string of the molecule is CC1CCC(C(C)C)C2(C1)OO2. The van der Waals surface area contributed by atoms with Crippen molar-refractivity contribution in [3.63, 3.8) is 0 Å². The highest BCUT2D eigenvalue weighted by molar-refractivity contribution is 4.91. The van der Waals surface area contributed by atoms with Gasteiger partial charge in [-0.2, -0.15) is 9.78 Å². The summed E-state index contributed by atoms with van der Waals surface area (Å²) in [4.78, 5) is 10.4. The molecular weight excluding hydrogens is 152 g/mol. The molecule has 70 valence electrons. The Morgan fingerprint density at radius 1 is 1.25 bits per heavy atom. The molecule has 2 nitrogen and oxygen atoms in total. The minimum atomic E-state index is -0.161. The van der Waals surface area contributed by atoms with Gasteiger partial charge in [-0.3, -0.25) is 0 Å². The largest absolute Gasteiger partial charge is 0.237 e. The molecule has 0 N–H and O–H groups in total. The van der Waals surface area contributed by atoms with E-state index in [0.29, 0.717) is 11.8 Å². The first-order chi connectivity index (χ1) is 5.64. The van der Waals surface area contributed by atoms with E-state index in [0.717, 1.165) is 12.3 Å². The van der Waals surface area contributed by atoms with Gasteiger partial charge in [0.2, 0.25) is 5.79 Å². The lowest BCUT2D eigenvalue weighted by atomic mass is 9.74. The van der Waals surface area contributed by atoms with Crippen LogP contribution < -0.4 is 0 Å². The van der Waals surface area contributed by atoms with Crippen LogP contribution >= 0.6 is 0 Å². The molecule has 0 bridgehead atoms. The summed E-state index contributed by atoms with van der Waals surface area (Å²) in [5.74, 6) is 1.91. The van der Waals surface area contributed by atoms with Crippen molar-refractivity contribution in [1.29, 1.82) is 0 Å². The van der Waals surface area contributed by atoms with Crippen LogP contribution in [0.15, 0.2) is 0 Å². The lowest BCUT2D eigenvalue weighted by Crippen LogP contribution is -2.34. The normalized spacial score (nSPS) is 39.0. The van der Waals surface area contributed by atoms with Gasteiger partial charge in [-0.15, -0.1) is 0 Å². The Morgan fingerprint density at radius 3 is 2.42 bits per heavy atom. The van der Waals surface area contributed by atoms with Gasteiger partial charge in [-0.1, -0.05) is 27.2 Å². The highest BCUT2D eigenvalue weighted by Crippen LogP contribution is 2.51. The van der Waals surface area contributed by atoms with E-state index >= 15 is 0 Å². The van der Waals surface area contributed by atoms with Gasteiger partial charge in [0, 0.05) is 12.3 Å². The van der Waals surface area contributed by atoms with E-state index in [9.17, 15) is 0 Å². The van der Waals surface area contributed by atoms with Crippen LogP contribution in [0, 0.1) is 17.8 Å². The van der Waals surface area contributed by atoms with E-state index in [1.807, 2.05) is 0 Å². The van der Waals surface area contributed by atoms with Gasteiger partial charge in [0.05, 0.1) is 0 Å². The molecule has 1 saturated carbocycles. The van der Waals surface area contributed by atoms with E-state index in [2.05, 4.69) is 20.8 Å². The van der Waals surface area contributed by atoms with Crippen molar-refractivity contribution in [3.05, 3.63) is 0 Å². The lowest BCUT2D eigenvalue weighted by Gasteiger charge is -2.31. The minimum Gasteiger partial charge on any atom is -0.195 e. The second-order valence-electron chi connectivity index (χ2n) is 4.72. The second-order valence-corrected chi connectivity index (χ2v) is 4.72. The smallest absolute Gasteiger partial charge is 0.195 e. The summed E-state index contributed by atoms with van der Waals surface area (Å²) in [6.45, 7) is 6.80. The third-order valence-electron chi connectivity index (χ3n) is 3.27. The summed E-state index contributed by atoms with van der Waals surface area (Å²) < 4.78 is 0. The molecule has 2 fully saturated rings. The second kappa shape index (κ2) is 2.71. The van der Waals surface area contributed by atoms with Crippen molar-refractivity contribution >= 4 is 0 Å². The van der Waals surface area contributed by atoms with Crippen molar-refractivity contribution in [2.75, 3.05) is 0 Å². The Morgan fingerprint density at radius 2 is 1.92 bits per heavy atom.